The molecule has 0 unspecified atom stereocenters. The molecule has 1 amide bonds. The van der Waals surface area contributed by atoms with Gasteiger partial charge in [0.05, 0.1) is 6.61 Å². The van der Waals surface area contributed by atoms with Gasteiger partial charge < -0.3 is 19.1 Å². The van der Waals surface area contributed by atoms with Crippen molar-refractivity contribution in [1.82, 2.24) is 4.90 Å². The maximum absolute atomic E-state index is 13.5. The molecule has 0 saturated carbocycles. The van der Waals surface area contributed by atoms with Gasteiger partial charge in [-0.1, -0.05) is 36.4 Å². The van der Waals surface area contributed by atoms with Crippen LogP contribution in [0.15, 0.2) is 66.7 Å². The Kier molecular flexibility index (Phi) is 5.01. The fourth-order valence-electron chi connectivity index (χ4n) is 3.91. The second kappa shape index (κ2) is 8.11. The van der Waals surface area contributed by atoms with E-state index in [1.165, 1.54) is 0 Å². The van der Waals surface area contributed by atoms with Gasteiger partial charge in [-0.2, -0.15) is 0 Å². The van der Waals surface area contributed by atoms with E-state index in [0.717, 1.165) is 40.4 Å². The molecule has 2 aliphatic rings. The maximum atomic E-state index is 13.5. The summed E-state index contributed by atoms with van der Waals surface area (Å²) in [6, 6.07) is 21.7. The van der Waals surface area contributed by atoms with Crippen molar-refractivity contribution in [3.8, 4) is 17.2 Å². The van der Waals surface area contributed by atoms with Gasteiger partial charge in [-0.05, 0) is 47.0 Å². The van der Waals surface area contributed by atoms with Crippen molar-refractivity contribution in [3.63, 3.8) is 0 Å². The molecular weight excluding hydrogens is 378 g/mol. The first-order valence-electron chi connectivity index (χ1n) is 10.2. The molecule has 5 rings (SSSR count). The summed E-state index contributed by atoms with van der Waals surface area (Å²) in [5, 5.41) is 0. The van der Waals surface area contributed by atoms with Gasteiger partial charge in [-0.25, -0.2) is 0 Å². The summed E-state index contributed by atoms with van der Waals surface area (Å²) in [6.45, 7) is 2.80. The van der Waals surface area contributed by atoms with Crippen molar-refractivity contribution in [2.24, 2.45) is 0 Å². The van der Waals surface area contributed by atoms with Crippen molar-refractivity contribution in [2.45, 2.75) is 19.5 Å². The summed E-state index contributed by atoms with van der Waals surface area (Å²) in [4.78, 5) is 15.3. The van der Waals surface area contributed by atoms with E-state index < -0.39 is 0 Å². The number of amides is 1. The molecule has 152 valence electrons. The summed E-state index contributed by atoms with van der Waals surface area (Å²) in [5.41, 5.74) is 3.88. The molecule has 5 nitrogen and oxygen atoms in total. The van der Waals surface area contributed by atoms with E-state index in [-0.39, 0.29) is 5.91 Å². The SMILES string of the molecule is O=C(c1ccc2c(c1)CCO2)N(Cc1ccccc1)Cc1ccc2c(c1)OCCO2. The summed E-state index contributed by atoms with van der Waals surface area (Å²) >= 11 is 0. The van der Waals surface area contributed by atoms with E-state index in [9.17, 15) is 4.79 Å². The Hall–Kier alpha value is -3.47. The van der Waals surface area contributed by atoms with Crippen molar-refractivity contribution in [1.29, 1.82) is 0 Å². The molecule has 0 aromatic heterocycles. The molecule has 0 aliphatic carbocycles. The zero-order valence-corrected chi connectivity index (χ0v) is 16.7. The number of fused-ring (bicyclic) bond motifs is 2. The number of hydrogen-bond donors (Lipinski definition) is 0. The highest BCUT2D eigenvalue weighted by atomic mass is 16.6. The highest BCUT2D eigenvalue weighted by molar-refractivity contribution is 5.94. The van der Waals surface area contributed by atoms with E-state index in [1.807, 2.05) is 71.6 Å². The Morgan fingerprint density at radius 3 is 2.33 bits per heavy atom. The van der Waals surface area contributed by atoms with Crippen LogP contribution in [-0.2, 0) is 19.5 Å². The Bertz CT molecular complexity index is 1060. The zero-order valence-electron chi connectivity index (χ0n) is 16.7. The summed E-state index contributed by atoms with van der Waals surface area (Å²) in [7, 11) is 0. The molecule has 2 aliphatic heterocycles. The second-order valence-electron chi connectivity index (χ2n) is 7.55. The number of rotatable bonds is 5. The number of nitrogens with zero attached hydrogens (tertiary/aromatic N) is 1. The van der Waals surface area contributed by atoms with Gasteiger partial charge >= 0.3 is 0 Å². The minimum atomic E-state index is 0.00319. The largest absolute Gasteiger partial charge is 0.493 e. The topological polar surface area (TPSA) is 48.0 Å². The van der Waals surface area contributed by atoms with Gasteiger partial charge in [0, 0.05) is 25.1 Å². The van der Waals surface area contributed by atoms with Crippen LogP contribution >= 0.6 is 0 Å². The molecule has 0 spiro atoms. The van der Waals surface area contributed by atoms with Gasteiger partial charge in [-0.15, -0.1) is 0 Å². The van der Waals surface area contributed by atoms with Crippen molar-refractivity contribution in [3.05, 3.63) is 89.0 Å². The second-order valence-corrected chi connectivity index (χ2v) is 7.55. The van der Waals surface area contributed by atoms with Crippen molar-refractivity contribution in [2.75, 3.05) is 19.8 Å². The number of carbonyl (C=O) groups is 1. The van der Waals surface area contributed by atoms with Crippen LogP contribution in [0.1, 0.15) is 27.0 Å². The molecule has 30 heavy (non-hydrogen) atoms. The van der Waals surface area contributed by atoms with Crippen LogP contribution in [0.3, 0.4) is 0 Å². The van der Waals surface area contributed by atoms with Gasteiger partial charge in [0.2, 0.25) is 0 Å². The molecule has 5 heteroatoms. The molecule has 3 aromatic rings. The smallest absolute Gasteiger partial charge is 0.254 e. The summed E-state index contributed by atoms with van der Waals surface area (Å²) < 4.78 is 16.9. The zero-order chi connectivity index (χ0) is 20.3. The van der Waals surface area contributed by atoms with Gasteiger partial charge in [-0.3, -0.25) is 4.79 Å². The minimum absolute atomic E-state index is 0.00319. The molecule has 0 N–H and O–H groups in total. The van der Waals surface area contributed by atoms with Gasteiger partial charge in [0.15, 0.2) is 11.5 Å². The quantitative estimate of drug-likeness (QED) is 0.642. The van der Waals surface area contributed by atoms with Crippen molar-refractivity contribution < 1.29 is 19.0 Å². The fraction of sp³-hybridized carbons (Fsp3) is 0.240. The van der Waals surface area contributed by atoms with Crippen LogP contribution < -0.4 is 14.2 Å². The lowest BCUT2D eigenvalue weighted by molar-refractivity contribution is 0.0729. The Balaban J connectivity index is 1.43. The number of ether oxygens (including phenoxy) is 3. The maximum Gasteiger partial charge on any atom is 0.254 e. The summed E-state index contributed by atoms with van der Waals surface area (Å²) in [6.07, 6.45) is 0.845. The monoisotopic (exact) mass is 401 g/mol. The van der Waals surface area contributed by atoms with Crippen LogP contribution in [-0.4, -0.2) is 30.6 Å². The predicted octanol–water partition coefficient (Wildman–Crippen LogP) is 4.24. The number of benzene rings is 3. The molecule has 0 radical (unpaired) electrons. The molecule has 0 bridgehead atoms. The average Bonchev–Trinajstić information content (AvgIpc) is 3.27. The normalized spacial score (nSPS) is 14.0. The highest BCUT2D eigenvalue weighted by Crippen LogP contribution is 2.32. The van der Waals surface area contributed by atoms with E-state index in [4.69, 9.17) is 14.2 Å². The standard InChI is InChI=1S/C25H23NO4/c27-25(21-7-9-22-20(15-21)10-11-28-22)26(16-18-4-2-1-3-5-18)17-19-6-8-23-24(14-19)30-13-12-29-23/h1-9,14-15H,10-13,16-17H2. The highest BCUT2D eigenvalue weighted by Gasteiger charge is 2.21. The molecule has 3 aromatic carbocycles. The van der Waals surface area contributed by atoms with Crippen LogP contribution in [0.2, 0.25) is 0 Å². The van der Waals surface area contributed by atoms with Crippen LogP contribution in [0, 0.1) is 0 Å². The molecule has 2 heterocycles. The predicted molar refractivity (Wildman–Crippen MR) is 113 cm³/mol. The van der Waals surface area contributed by atoms with Gasteiger partial charge in [0.1, 0.15) is 19.0 Å². The Morgan fingerprint density at radius 1 is 0.733 bits per heavy atom. The third kappa shape index (κ3) is 3.83. The average molecular weight is 401 g/mol. The van der Waals surface area contributed by atoms with Gasteiger partial charge in [0.25, 0.3) is 5.91 Å². The number of hydrogen-bond acceptors (Lipinski definition) is 4. The minimum Gasteiger partial charge on any atom is -0.493 e. The third-order valence-corrected chi connectivity index (χ3v) is 5.42. The third-order valence-electron chi connectivity index (χ3n) is 5.42. The summed E-state index contributed by atoms with van der Waals surface area (Å²) in [5.74, 6) is 2.38. The van der Waals surface area contributed by atoms with Crippen LogP contribution in [0.5, 0.6) is 17.2 Å². The molecule has 0 fully saturated rings. The lowest BCUT2D eigenvalue weighted by Gasteiger charge is -2.25. The number of carbonyl (C=O) groups excluding carboxylic acids is 1. The molecule has 0 saturated heterocycles. The Labute approximate surface area is 175 Å². The first kappa shape index (κ1) is 18.6. The van der Waals surface area contributed by atoms with E-state index in [2.05, 4.69) is 0 Å². The lowest BCUT2D eigenvalue weighted by Crippen LogP contribution is -2.30. The van der Waals surface area contributed by atoms with Crippen molar-refractivity contribution >= 4 is 5.91 Å². The first-order valence-corrected chi connectivity index (χ1v) is 10.2. The van der Waals surface area contributed by atoms with E-state index >= 15 is 0 Å². The lowest BCUT2D eigenvalue weighted by atomic mass is 10.1. The van der Waals surface area contributed by atoms with Crippen LogP contribution in [0.4, 0.5) is 0 Å². The van der Waals surface area contributed by atoms with E-state index in [0.29, 0.717) is 38.5 Å². The fourth-order valence-corrected chi connectivity index (χ4v) is 3.91. The van der Waals surface area contributed by atoms with E-state index in [1.54, 1.807) is 0 Å². The molecular formula is C25H23NO4. The Morgan fingerprint density at radius 2 is 1.47 bits per heavy atom. The molecule has 0 atom stereocenters. The first-order chi connectivity index (χ1) is 14.8. The van der Waals surface area contributed by atoms with Crippen LogP contribution in [0.25, 0.3) is 0 Å².